The van der Waals surface area contributed by atoms with Crippen LogP contribution in [0.5, 0.6) is 17.2 Å². The molecule has 1 aromatic rings. The summed E-state index contributed by atoms with van der Waals surface area (Å²) in [7, 11) is 1.57. The Labute approximate surface area is 116 Å². The van der Waals surface area contributed by atoms with Gasteiger partial charge in [0.15, 0.2) is 11.5 Å². The first kappa shape index (κ1) is 13.6. The van der Waals surface area contributed by atoms with Crippen molar-refractivity contribution in [2.24, 2.45) is 0 Å². The van der Waals surface area contributed by atoms with E-state index in [1.54, 1.807) is 7.11 Å². The van der Waals surface area contributed by atoms with Crippen molar-refractivity contribution in [3.8, 4) is 17.2 Å². The van der Waals surface area contributed by atoms with Gasteiger partial charge in [0.2, 0.25) is 12.5 Å². The van der Waals surface area contributed by atoms with Crippen LogP contribution in [0.4, 0.5) is 4.79 Å². The molecule has 1 amide bonds. The Kier molecular flexibility index (Phi) is 3.90. The van der Waals surface area contributed by atoms with E-state index in [9.17, 15) is 4.79 Å². The van der Waals surface area contributed by atoms with Crippen molar-refractivity contribution in [2.45, 2.75) is 12.5 Å². The minimum absolute atomic E-state index is 0. The Morgan fingerprint density at radius 2 is 2.16 bits per heavy atom. The second kappa shape index (κ2) is 5.44. The van der Waals surface area contributed by atoms with Gasteiger partial charge in [0.25, 0.3) is 0 Å². The smallest absolute Gasteiger partial charge is 0.407 e. The summed E-state index contributed by atoms with van der Waals surface area (Å²) in [5.74, 6) is 1.87. The molecule has 0 aromatic heterocycles. The number of halogens is 1. The van der Waals surface area contributed by atoms with E-state index in [0.717, 1.165) is 5.56 Å². The number of amides is 1. The van der Waals surface area contributed by atoms with Crippen molar-refractivity contribution in [1.29, 1.82) is 0 Å². The molecule has 1 aromatic carbocycles. The highest BCUT2D eigenvalue weighted by molar-refractivity contribution is 5.85. The third-order valence-corrected chi connectivity index (χ3v) is 3.01. The SMILES string of the molecule is COc1cc([C@@H]2CCOC(=O)N2)cc2c1OCO2.Cl. The number of carbonyl (C=O) groups excluding carboxylic acids is 1. The highest BCUT2D eigenvalue weighted by Gasteiger charge is 2.26. The summed E-state index contributed by atoms with van der Waals surface area (Å²) < 4.78 is 20.8. The number of hydrogen-bond donors (Lipinski definition) is 1. The standard InChI is InChI=1S/C12H13NO5.ClH/c1-15-9-4-7(5-10-11(9)18-6-17-10)8-2-3-16-12(14)13-8;/h4-5,8H,2-3,6H2,1H3,(H,13,14);1H/t8-;/m0./s1. The first-order valence-electron chi connectivity index (χ1n) is 5.69. The number of fused-ring (bicyclic) bond motifs is 1. The predicted molar refractivity (Wildman–Crippen MR) is 68.2 cm³/mol. The molecule has 104 valence electrons. The number of rotatable bonds is 2. The van der Waals surface area contributed by atoms with Gasteiger partial charge in [-0.3, -0.25) is 0 Å². The van der Waals surface area contributed by atoms with Crippen LogP contribution in [0.1, 0.15) is 18.0 Å². The highest BCUT2D eigenvalue weighted by Crippen LogP contribution is 2.43. The van der Waals surface area contributed by atoms with E-state index < -0.39 is 6.09 Å². The molecule has 0 aliphatic carbocycles. The van der Waals surface area contributed by atoms with Crippen molar-refractivity contribution >= 4 is 18.5 Å². The molecule has 1 fully saturated rings. The Balaban J connectivity index is 0.00000133. The molecule has 1 saturated heterocycles. The van der Waals surface area contributed by atoms with E-state index in [-0.39, 0.29) is 25.2 Å². The van der Waals surface area contributed by atoms with Gasteiger partial charge >= 0.3 is 6.09 Å². The summed E-state index contributed by atoms with van der Waals surface area (Å²) in [6, 6.07) is 3.62. The first-order chi connectivity index (χ1) is 8.78. The maximum Gasteiger partial charge on any atom is 0.407 e. The third kappa shape index (κ3) is 2.49. The molecule has 2 aliphatic heterocycles. The third-order valence-electron chi connectivity index (χ3n) is 3.01. The lowest BCUT2D eigenvalue weighted by molar-refractivity contribution is 0.115. The molecule has 0 bridgehead atoms. The average molecular weight is 288 g/mol. The van der Waals surface area contributed by atoms with Crippen molar-refractivity contribution in [3.05, 3.63) is 17.7 Å². The van der Waals surface area contributed by atoms with Gasteiger partial charge in [-0.25, -0.2) is 4.79 Å². The van der Waals surface area contributed by atoms with Gasteiger partial charge in [-0.1, -0.05) is 0 Å². The molecular formula is C12H14ClNO5. The van der Waals surface area contributed by atoms with Crippen molar-refractivity contribution in [3.63, 3.8) is 0 Å². The van der Waals surface area contributed by atoms with Crippen LogP contribution in [0.25, 0.3) is 0 Å². The number of methoxy groups -OCH3 is 1. The molecule has 1 N–H and O–H groups in total. The Morgan fingerprint density at radius 1 is 1.32 bits per heavy atom. The summed E-state index contributed by atoms with van der Waals surface area (Å²) >= 11 is 0. The Hall–Kier alpha value is -1.82. The lowest BCUT2D eigenvalue weighted by Gasteiger charge is -2.24. The van der Waals surface area contributed by atoms with E-state index >= 15 is 0 Å². The van der Waals surface area contributed by atoms with Gasteiger partial charge in [-0.2, -0.15) is 0 Å². The maximum absolute atomic E-state index is 11.2. The molecule has 0 radical (unpaired) electrons. The van der Waals surface area contributed by atoms with Crippen molar-refractivity contribution in [2.75, 3.05) is 20.5 Å². The monoisotopic (exact) mass is 287 g/mol. The molecular weight excluding hydrogens is 274 g/mol. The van der Waals surface area contributed by atoms with Gasteiger partial charge in [0.05, 0.1) is 19.8 Å². The number of nitrogens with one attached hydrogen (secondary N) is 1. The fraction of sp³-hybridized carbons (Fsp3) is 0.417. The number of ether oxygens (including phenoxy) is 4. The Morgan fingerprint density at radius 3 is 2.89 bits per heavy atom. The van der Waals surface area contributed by atoms with Crippen LogP contribution in [0.15, 0.2) is 12.1 Å². The van der Waals surface area contributed by atoms with Gasteiger partial charge < -0.3 is 24.3 Å². The zero-order valence-electron chi connectivity index (χ0n) is 10.3. The van der Waals surface area contributed by atoms with E-state index in [2.05, 4.69) is 5.32 Å². The predicted octanol–water partition coefficient (Wildman–Crippen LogP) is 2.02. The largest absolute Gasteiger partial charge is 0.493 e. The second-order valence-electron chi connectivity index (χ2n) is 4.08. The van der Waals surface area contributed by atoms with E-state index in [1.165, 1.54) is 0 Å². The van der Waals surface area contributed by atoms with Crippen LogP contribution in [0.3, 0.4) is 0 Å². The van der Waals surface area contributed by atoms with Crippen molar-refractivity contribution < 1.29 is 23.7 Å². The molecule has 6 nitrogen and oxygen atoms in total. The van der Waals surface area contributed by atoms with E-state index in [0.29, 0.717) is 30.3 Å². The van der Waals surface area contributed by atoms with Crippen LogP contribution in [0.2, 0.25) is 0 Å². The van der Waals surface area contributed by atoms with Gasteiger partial charge in [0, 0.05) is 6.42 Å². The van der Waals surface area contributed by atoms with Crippen LogP contribution < -0.4 is 19.5 Å². The molecule has 3 rings (SSSR count). The zero-order valence-corrected chi connectivity index (χ0v) is 11.1. The van der Waals surface area contributed by atoms with Gasteiger partial charge in [-0.15, -0.1) is 12.4 Å². The van der Waals surface area contributed by atoms with Crippen LogP contribution >= 0.6 is 12.4 Å². The van der Waals surface area contributed by atoms with Gasteiger partial charge in [-0.05, 0) is 17.7 Å². The normalized spacial score (nSPS) is 20.1. The molecule has 2 heterocycles. The highest BCUT2D eigenvalue weighted by atomic mass is 35.5. The molecule has 0 saturated carbocycles. The lowest BCUT2D eigenvalue weighted by atomic mass is 10.0. The number of benzene rings is 1. The summed E-state index contributed by atoms with van der Waals surface area (Å²) in [4.78, 5) is 11.2. The molecule has 2 aliphatic rings. The summed E-state index contributed by atoms with van der Waals surface area (Å²) in [5, 5.41) is 2.76. The second-order valence-corrected chi connectivity index (χ2v) is 4.08. The maximum atomic E-state index is 11.2. The lowest BCUT2D eigenvalue weighted by Crippen LogP contribution is -2.35. The minimum Gasteiger partial charge on any atom is -0.493 e. The molecule has 19 heavy (non-hydrogen) atoms. The summed E-state index contributed by atoms with van der Waals surface area (Å²) in [6.07, 6.45) is 0.317. The summed E-state index contributed by atoms with van der Waals surface area (Å²) in [6.45, 7) is 0.600. The zero-order chi connectivity index (χ0) is 12.5. The fourth-order valence-electron chi connectivity index (χ4n) is 2.13. The number of alkyl carbamates (subject to hydrolysis) is 1. The number of hydrogen-bond acceptors (Lipinski definition) is 5. The van der Waals surface area contributed by atoms with Crippen LogP contribution in [-0.4, -0.2) is 26.6 Å². The van der Waals surface area contributed by atoms with E-state index in [1.807, 2.05) is 12.1 Å². The fourth-order valence-corrected chi connectivity index (χ4v) is 2.13. The topological polar surface area (TPSA) is 66.0 Å². The first-order valence-corrected chi connectivity index (χ1v) is 5.69. The van der Waals surface area contributed by atoms with Gasteiger partial charge in [0.1, 0.15) is 0 Å². The quantitative estimate of drug-likeness (QED) is 0.901. The average Bonchev–Trinajstić information content (AvgIpc) is 2.85. The van der Waals surface area contributed by atoms with Crippen molar-refractivity contribution in [1.82, 2.24) is 5.32 Å². The van der Waals surface area contributed by atoms with Crippen LogP contribution in [-0.2, 0) is 4.74 Å². The molecule has 0 unspecified atom stereocenters. The number of cyclic esters (lactones) is 1. The minimum atomic E-state index is -0.400. The number of carbonyl (C=O) groups is 1. The van der Waals surface area contributed by atoms with E-state index in [4.69, 9.17) is 18.9 Å². The molecule has 0 spiro atoms. The van der Waals surface area contributed by atoms with Crippen LogP contribution in [0, 0.1) is 0 Å². The molecule has 1 atom stereocenters. The Bertz CT molecular complexity index is 493. The summed E-state index contributed by atoms with van der Waals surface area (Å²) in [5.41, 5.74) is 0.924. The molecule has 7 heteroatoms.